The van der Waals surface area contributed by atoms with Gasteiger partial charge in [-0.05, 0) is 69.8 Å². The predicted molar refractivity (Wildman–Crippen MR) is 116 cm³/mol. The van der Waals surface area contributed by atoms with Crippen molar-refractivity contribution in [2.75, 3.05) is 20.2 Å². The number of aliphatic hydroxyl groups is 1. The van der Waals surface area contributed by atoms with Gasteiger partial charge in [-0.25, -0.2) is 4.39 Å². The lowest BCUT2D eigenvalue weighted by atomic mass is 9.79. The summed E-state index contributed by atoms with van der Waals surface area (Å²) in [5.41, 5.74) is 1.42. The van der Waals surface area contributed by atoms with Crippen molar-refractivity contribution >= 4 is 22.7 Å². The van der Waals surface area contributed by atoms with Gasteiger partial charge in [-0.15, -0.1) is 0 Å². The molecule has 2 amide bonds. The first-order valence-electron chi connectivity index (χ1n) is 11.0. The van der Waals surface area contributed by atoms with Crippen LogP contribution in [-0.4, -0.2) is 64.6 Å². The number of likely N-dealkylation sites (tertiary alicyclic amines) is 1. The molecule has 1 aliphatic heterocycles. The molecule has 5 atom stereocenters. The van der Waals surface area contributed by atoms with Gasteiger partial charge >= 0.3 is 0 Å². The topological polar surface area (TPSA) is 97.5 Å². The number of aliphatic hydroxyl groups excluding tert-OH is 1. The van der Waals surface area contributed by atoms with Crippen molar-refractivity contribution in [2.45, 2.75) is 56.7 Å². The Balaban J connectivity index is 1.63. The van der Waals surface area contributed by atoms with Gasteiger partial charge in [0.1, 0.15) is 11.9 Å². The maximum atomic E-state index is 13.7. The van der Waals surface area contributed by atoms with E-state index in [1.807, 2.05) is 11.1 Å². The Labute approximate surface area is 181 Å². The van der Waals surface area contributed by atoms with Crippen molar-refractivity contribution in [1.29, 1.82) is 0 Å². The highest BCUT2D eigenvalue weighted by molar-refractivity contribution is 5.90. The molecule has 168 valence electrons. The summed E-state index contributed by atoms with van der Waals surface area (Å²) in [4.78, 5) is 30.8. The monoisotopic (exact) mass is 430 g/mol. The molecule has 31 heavy (non-hydrogen) atoms. The maximum absolute atomic E-state index is 13.7. The van der Waals surface area contributed by atoms with Crippen LogP contribution in [0, 0.1) is 11.7 Å². The highest BCUT2D eigenvalue weighted by Gasteiger charge is 2.57. The van der Waals surface area contributed by atoms with Crippen LogP contribution < -0.4 is 10.6 Å². The molecule has 7 nitrogen and oxygen atoms in total. The summed E-state index contributed by atoms with van der Waals surface area (Å²) in [5, 5.41) is 16.4. The molecule has 2 heterocycles. The molecule has 1 saturated heterocycles. The minimum absolute atomic E-state index is 0.0921. The van der Waals surface area contributed by atoms with Crippen LogP contribution >= 0.6 is 0 Å². The van der Waals surface area contributed by atoms with Crippen LogP contribution in [0.25, 0.3) is 10.9 Å². The molecular weight excluding hydrogens is 399 g/mol. The molecule has 8 heteroatoms. The number of hydrogen-bond donors (Lipinski definition) is 4. The number of halogens is 1. The summed E-state index contributed by atoms with van der Waals surface area (Å²) in [7, 11) is 1.67. The van der Waals surface area contributed by atoms with Gasteiger partial charge in [0, 0.05) is 35.1 Å². The SMILES string of the molecule is CN[C@@H](C)C(=O)NC(CO)C(=O)N1CC[C@H]2CC[C@H](c3c[nH]c4cc(F)ccc34)[C@]21C. The molecular formula is C23H31FN4O3. The van der Waals surface area contributed by atoms with Crippen LogP contribution in [0.15, 0.2) is 24.4 Å². The second kappa shape index (κ2) is 8.24. The first-order chi connectivity index (χ1) is 14.8. The number of nitrogens with one attached hydrogen (secondary N) is 3. The first-order valence-corrected chi connectivity index (χ1v) is 11.0. The Hall–Kier alpha value is -2.45. The molecule has 1 aromatic heterocycles. The number of aromatic amines is 1. The van der Waals surface area contributed by atoms with Crippen LogP contribution in [0.2, 0.25) is 0 Å². The Morgan fingerprint density at radius 1 is 1.35 bits per heavy atom. The fourth-order valence-electron chi connectivity index (χ4n) is 5.64. The van der Waals surface area contributed by atoms with Gasteiger partial charge in [-0.2, -0.15) is 0 Å². The smallest absolute Gasteiger partial charge is 0.248 e. The van der Waals surface area contributed by atoms with E-state index in [1.165, 1.54) is 12.1 Å². The minimum Gasteiger partial charge on any atom is -0.394 e. The number of fused-ring (bicyclic) bond motifs is 2. The van der Waals surface area contributed by atoms with Gasteiger partial charge in [0.05, 0.1) is 12.6 Å². The second-order valence-corrected chi connectivity index (χ2v) is 9.02. The quantitative estimate of drug-likeness (QED) is 0.563. The van der Waals surface area contributed by atoms with Crippen molar-refractivity contribution in [3.05, 3.63) is 35.8 Å². The summed E-state index contributed by atoms with van der Waals surface area (Å²) >= 11 is 0. The number of likely N-dealkylation sites (N-methyl/N-ethyl adjacent to an activating group) is 1. The van der Waals surface area contributed by atoms with Crippen molar-refractivity contribution in [1.82, 2.24) is 20.5 Å². The molecule has 2 aromatic rings. The molecule has 1 unspecified atom stereocenters. The van der Waals surface area contributed by atoms with E-state index in [0.717, 1.165) is 35.7 Å². The van der Waals surface area contributed by atoms with Gasteiger partial charge in [-0.1, -0.05) is 0 Å². The third-order valence-electron chi connectivity index (χ3n) is 7.56. The second-order valence-electron chi connectivity index (χ2n) is 9.02. The lowest BCUT2D eigenvalue weighted by molar-refractivity contribution is -0.141. The number of amides is 2. The maximum Gasteiger partial charge on any atom is 0.248 e. The summed E-state index contributed by atoms with van der Waals surface area (Å²) in [6.07, 6.45) is 4.77. The fraction of sp³-hybridized carbons (Fsp3) is 0.565. The summed E-state index contributed by atoms with van der Waals surface area (Å²) in [5.74, 6) is -0.418. The van der Waals surface area contributed by atoms with Crippen LogP contribution in [0.5, 0.6) is 0 Å². The molecule has 0 radical (unpaired) electrons. The van der Waals surface area contributed by atoms with Crippen LogP contribution in [0.3, 0.4) is 0 Å². The molecule has 2 aliphatic rings. The van der Waals surface area contributed by atoms with E-state index in [9.17, 15) is 19.1 Å². The van der Waals surface area contributed by atoms with Crippen molar-refractivity contribution in [3.63, 3.8) is 0 Å². The number of nitrogens with zero attached hydrogens (tertiary/aromatic N) is 1. The van der Waals surface area contributed by atoms with E-state index in [4.69, 9.17) is 0 Å². The number of carbonyl (C=O) groups is 2. The Bertz CT molecular complexity index is 992. The van der Waals surface area contributed by atoms with Crippen LogP contribution in [0.1, 0.15) is 44.6 Å². The first kappa shape index (κ1) is 21.8. The molecule has 4 rings (SSSR count). The van der Waals surface area contributed by atoms with Crippen LogP contribution in [0.4, 0.5) is 4.39 Å². The van der Waals surface area contributed by atoms with Gasteiger partial charge < -0.3 is 25.6 Å². The van der Waals surface area contributed by atoms with Gasteiger partial charge in [-0.3, -0.25) is 9.59 Å². The average Bonchev–Trinajstić information content (AvgIpc) is 3.41. The van der Waals surface area contributed by atoms with Crippen molar-refractivity contribution < 1.29 is 19.1 Å². The lowest BCUT2D eigenvalue weighted by Gasteiger charge is -2.42. The van der Waals surface area contributed by atoms with E-state index in [-0.39, 0.29) is 23.5 Å². The highest BCUT2D eigenvalue weighted by Crippen LogP contribution is 2.55. The largest absolute Gasteiger partial charge is 0.394 e. The fourth-order valence-corrected chi connectivity index (χ4v) is 5.64. The summed E-state index contributed by atoms with van der Waals surface area (Å²) < 4.78 is 13.7. The predicted octanol–water partition coefficient (Wildman–Crippen LogP) is 1.88. The number of rotatable bonds is 6. The Morgan fingerprint density at radius 3 is 2.84 bits per heavy atom. The average molecular weight is 431 g/mol. The van der Waals surface area contributed by atoms with E-state index in [2.05, 4.69) is 22.5 Å². The molecule has 4 N–H and O–H groups in total. The highest BCUT2D eigenvalue weighted by atomic mass is 19.1. The van der Waals surface area contributed by atoms with E-state index < -0.39 is 24.2 Å². The number of hydrogen-bond acceptors (Lipinski definition) is 4. The minimum atomic E-state index is -0.975. The van der Waals surface area contributed by atoms with Crippen LogP contribution in [-0.2, 0) is 9.59 Å². The zero-order valence-corrected chi connectivity index (χ0v) is 18.2. The number of aromatic nitrogens is 1. The van der Waals surface area contributed by atoms with E-state index in [0.29, 0.717) is 12.5 Å². The zero-order valence-electron chi connectivity index (χ0n) is 18.2. The summed E-state index contributed by atoms with van der Waals surface area (Å²) in [6.45, 7) is 3.97. The van der Waals surface area contributed by atoms with E-state index in [1.54, 1.807) is 20.0 Å². The Kier molecular flexibility index (Phi) is 5.79. The number of carbonyl (C=O) groups excluding carboxylic acids is 2. The lowest BCUT2D eigenvalue weighted by Crippen LogP contribution is -2.58. The van der Waals surface area contributed by atoms with Gasteiger partial charge in [0.25, 0.3) is 0 Å². The molecule has 1 saturated carbocycles. The normalized spacial score (nSPS) is 27.3. The zero-order chi connectivity index (χ0) is 22.3. The molecule has 1 aromatic carbocycles. The van der Waals surface area contributed by atoms with Crippen molar-refractivity contribution in [2.24, 2.45) is 5.92 Å². The Morgan fingerprint density at radius 2 is 2.13 bits per heavy atom. The molecule has 0 bridgehead atoms. The van der Waals surface area contributed by atoms with Crippen molar-refractivity contribution in [3.8, 4) is 0 Å². The molecule has 1 aliphatic carbocycles. The number of H-pyrrole nitrogens is 1. The summed E-state index contributed by atoms with van der Waals surface area (Å²) in [6, 6.07) is 3.31. The van der Waals surface area contributed by atoms with Gasteiger partial charge in [0.15, 0.2) is 0 Å². The van der Waals surface area contributed by atoms with E-state index >= 15 is 0 Å². The third kappa shape index (κ3) is 3.51. The molecule has 2 fully saturated rings. The van der Waals surface area contributed by atoms with Gasteiger partial charge in [0.2, 0.25) is 11.8 Å². The third-order valence-corrected chi connectivity index (χ3v) is 7.56. The number of benzene rings is 1. The molecule has 0 spiro atoms. The standard InChI is InChI=1S/C23H31FN4O3/c1-13(25-3)21(30)27-20(12-29)22(31)28-9-8-14-4-7-18(23(14,28)2)17-11-26-19-10-15(24)5-6-16(17)19/h5-6,10-11,13-14,18,20,25-26,29H,4,7-9,12H2,1-3H3,(H,27,30)/t13-,14+,18+,20?,23-/m0/s1.